The first kappa shape index (κ1) is 21.9. The van der Waals surface area contributed by atoms with E-state index in [4.69, 9.17) is 28.2 Å². The number of hydrogen-bond acceptors (Lipinski definition) is 5. The molecule has 1 aliphatic heterocycles. The molecule has 1 fully saturated rings. The fraction of sp³-hybridized carbons (Fsp3) is 0.0800. The topological polar surface area (TPSA) is 98.8 Å². The first-order valence-corrected chi connectivity index (χ1v) is 11.1. The van der Waals surface area contributed by atoms with Gasteiger partial charge in [0.15, 0.2) is 5.11 Å². The van der Waals surface area contributed by atoms with E-state index in [0.29, 0.717) is 27.2 Å². The summed E-state index contributed by atoms with van der Waals surface area (Å²) in [5, 5.41) is 23.3. The second kappa shape index (κ2) is 8.81. The Morgan fingerprint density at radius 2 is 1.88 bits per heavy atom. The molecule has 0 radical (unpaired) electrons. The number of nitrogens with zero attached hydrogens (tertiary/aromatic N) is 2. The summed E-state index contributed by atoms with van der Waals surface area (Å²) in [4.78, 5) is 17.9. The Hall–Kier alpha value is -3.88. The average molecular weight is 492 g/mol. The van der Waals surface area contributed by atoms with Gasteiger partial charge in [-0.05, 0) is 78.9 Å². The van der Waals surface area contributed by atoms with E-state index in [1.165, 1.54) is 18.2 Å². The highest BCUT2D eigenvalue weighted by Crippen LogP contribution is 2.43. The zero-order valence-corrected chi connectivity index (χ0v) is 19.1. The van der Waals surface area contributed by atoms with Crippen LogP contribution < -0.4 is 10.2 Å². The summed E-state index contributed by atoms with van der Waals surface area (Å²) in [5.74, 6) is 0.117. The van der Waals surface area contributed by atoms with E-state index in [0.717, 1.165) is 11.4 Å². The Kier molecular flexibility index (Phi) is 5.69. The van der Waals surface area contributed by atoms with E-state index in [1.807, 2.05) is 29.2 Å². The van der Waals surface area contributed by atoms with Crippen LogP contribution in [0.5, 0.6) is 5.75 Å². The van der Waals surface area contributed by atoms with Gasteiger partial charge < -0.3 is 24.8 Å². The van der Waals surface area contributed by atoms with Crippen molar-refractivity contribution < 1.29 is 19.4 Å². The number of halogens is 1. The van der Waals surface area contributed by atoms with Crippen molar-refractivity contribution in [3.05, 3.63) is 101 Å². The molecule has 170 valence electrons. The highest BCUT2D eigenvalue weighted by atomic mass is 35.5. The van der Waals surface area contributed by atoms with Crippen LogP contribution in [0.15, 0.2) is 83.4 Å². The molecule has 5 rings (SSSR count). The van der Waals surface area contributed by atoms with Crippen LogP contribution in [0, 0.1) is 0 Å². The number of anilines is 1. The van der Waals surface area contributed by atoms with Crippen molar-refractivity contribution in [2.75, 3.05) is 4.90 Å². The molecule has 0 amide bonds. The molecule has 0 saturated carbocycles. The lowest BCUT2D eigenvalue weighted by molar-refractivity contribution is 0.0697. The first-order chi connectivity index (χ1) is 16.4. The van der Waals surface area contributed by atoms with E-state index >= 15 is 0 Å². The largest absolute Gasteiger partial charge is 0.508 e. The third-order valence-electron chi connectivity index (χ3n) is 5.62. The molecule has 3 N–H and O–H groups in total. The summed E-state index contributed by atoms with van der Waals surface area (Å²) in [7, 11) is 0. The number of benzene rings is 2. The third-order valence-corrected chi connectivity index (χ3v) is 6.27. The van der Waals surface area contributed by atoms with Crippen LogP contribution in [0.25, 0.3) is 11.3 Å². The number of thiocarbonyl (C=S) groups is 1. The van der Waals surface area contributed by atoms with Gasteiger partial charge in [-0.25, -0.2) is 4.79 Å². The molecule has 9 heteroatoms. The lowest BCUT2D eigenvalue weighted by Gasteiger charge is -2.26. The van der Waals surface area contributed by atoms with Crippen LogP contribution in [0.1, 0.15) is 33.9 Å². The van der Waals surface area contributed by atoms with Crippen molar-refractivity contribution in [3.8, 4) is 17.1 Å². The minimum atomic E-state index is -1.05. The normalized spacial score (nSPS) is 17.6. The van der Waals surface area contributed by atoms with Gasteiger partial charge in [-0.2, -0.15) is 0 Å². The average Bonchev–Trinajstić information content (AvgIpc) is 3.45. The highest BCUT2D eigenvalue weighted by Gasteiger charge is 2.42. The fourth-order valence-electron chi connectivity index (χ4n) is 4.04. The van der Waals surface area contributed by atoms with Crippen LogP contribution in [-0.2, 0) is 0 Å². The number of carbonyl (C=O) groups is 1. The Balaban J connectivity index is 1.61. The summed E-state index contributed by atoms with van der Waals surface area (Å²) in [5.41, 5.74) is 2.13. The maximum Gasteiger partial charge on any atom is 0.335 e. The molecule has 2 aromatic carbocycles. The number of hydrogen-bond donors (Lipinski definition) is 3. The van der Waals surface area contributed by atoms with Gasteiger partial charge in [0.05, 0.1) is 22.3 Å². The van der Waals surface area contributed by atoms with Crippen molar-refractivity contribution in [2.24, 2.45) is 0 Å². The molecule has 0 spiro atoms. The number of aromatic carboxylic acids is 1. The predicted octanol–water partition coefficient (Wildman–Crippen LogP) is 5.58. The molecule has 1 aliphatic rings. The third kappa shape index (κ3) is 3.98. The Morgan fingerprint density at radius 3 is 2.59 bits per heavy atom. The number of pyridine rings is 1. The number of aromatic nitrogens is 1. The van der Waals surface area contributed by atoms with Gasteiger partial charge in [0, 0.05) is 17.4 Å². The van der Waals surface area contributed by atoms with E-state index in [1.54, 1.807) is 36.5 Å². The molecule has 4 aromatic rings. The van der Waals surface area contributed by atoms with Crippen molar-refractivity contribution >= 4 is 40.6 Å². The second-order valence-corrected chi connectivity index (χ2v) is 8.51. The monoisotopic (exact) mass is 491 g/mol. The zero-order valence-electron chi connectivity index (χ0n) is 17.6. The van der Waals surface area contributed by atoms with Crippen molar-refractivity contribution in [3.63, 3.8) is 0 Å². The van der Waals surface area contributed by atoms with Crippen LogP contribution >= 0.6 is 23.8 Å². The lowest BCUT2D eigenvalue weighted by atomic mass is 10.0. The van der Waals surface area contributed by atoms with Gasteiger partial charge in [-0.15, -0.1) is 0 Å². The molecular weight excluding hydrogens is 474 g/mol. The molecule has 0 bridgehead atoms. The van der Waals surface area contributed by atoms with Gasteiger partial charge in [0.2, 0.25) is 0 Å². The summed E-state index contributed by atoms with van der Waals surface area (Å²) >= 11 is 12.0. The molecule has 7 nitrogen and oxygen atoms in total. The molecule has 3 heterocycles. The minimum Gasteiger partial charge on any atom is -0.508 e. The van der Waals surface area contributed by atoms with Crippen LogP contribution in [0.2, 0.25) is 5.02 Å². The number of aromatic hydroxyl groups is 1. The van der Waals surface area contributed by atoms with Crippen LogP contribution in [-0.4, -0.2) is 26.3 Å². The molecule has 1 saturated heterocycles. The molecule has 0 aliphatic carbocycles. The molecular formula is C25H18ClN3O4S. The first-order valence-electron chi connectivity index (χ1n) is 10.3. The maximum absolute atomic E-state index is 11.4. The summed E-state index contributed by atoms with van der Waals surface area (Å²) in [6.07, 6.45) is 1.71. The quantitative estimate of drug-likeness (QED) is 0.311. The van der Waals surface area contributed by atoms with Gasteiger partial charge in [0.1, 0.15) is 23.3 Å². The summed E-state index contributed by atoms with van der Waals surface area (Å²) in [6.45, 7) is 0. The van der Waals surface area contributed by atoms with E-state index < -0.39 is 12.0 Å². The number of furan rings is 1. The Morgan fingerprint density at radius 1 is 1.09 bits per heavy atom. The van der Waals surface area contributed by atoms with Crippen molar-refractivity contribution in [1.82, 2.24) is 10.3 Å². The smallest absolute Gasteiger partial charge is 0.335 e. The molecule has 2 aromatic heterocycles. The number of phenols is 1. The highest BCUT2D eigenvalue weighted by molar-refractivity contribution is 7.80. The minimum absolute atomic E-state index is 0.109. The second-order valence-electron chi connectivity index (χ2n) is 7.71. The lowest BCUT2D eigenvalue weighted by Crippen LogP contribution is -2.29. The number of carboxylic acids is 1. The fourth-order valence-corrected chi connectivity index (χ4v) is 4.60. The van der Waals surface area contributed by atoms with Gasteiger partial charge >= 0.3 is 5.97 Å². The maximum atomic E-state index is 11.4. The molecule has 0 unspecified atom stereocenters. The van der Waals surface area contributed by atoms with Gasteiger partial charge in [0.25, 0.3) is 0 Å². The van der Waals surface area contributed by atoms with E-state index in [-0.39, 0.29) is 17.4 Å². The van der Waals surface area contributed by atoms with Crippen molar-refractivity contribution in [2.45, 2.75) is 12.1 Å². The van der Waals surface area contributed by atoms with E-state index in [9.17, 15) is 15.0 Å². The van der Waals surface area contributed by atoms with Crippen molar-refractivity contribution in [1.29, 1.82) is 0 Å². The summed E-state index contributed by atoms with van der Waals surface area (Å²) in [6, 6.07) is 19.7. The van der Waals surface area contributed by atoms with Crippen LogP contribution in [0.3, 0.4) is 0 Å². The number of phenolic OH excluding ortho intramolecular Hbond substituents is 1. The molecule has 2 atom stereocenters. The SMILES string of the molecule is O=C(O)c1ccc(Cl)c(-c2ccc([C@@H]3[C@H](c4ccccn4)NC(=S)N3c3ccc(O)cc3)o2)c1. The van der Waals surface area contributed by atoms with Gasteiger partial charge in [-0.3, -0.25) is 4.98 Å². The van der Waals surface area contributed by atoms with Gasteiger partial charge in [-0.1, -0.05) is 17.7 Å². The predicted molar refractivity (Wildman–Crippen MR) is 132 cm³/mol. The number of rotatable bonds is 5. The number of nitrogens with one attached hydrogen (secondary N) is 1. The Labute approximate surface area is 205 Å². The standard InChI is InChI=1S/C25H18ClN3O4S/c26-18-9-4-14(24(31)32)13-17(18)20-10-11-21(33-20)23-22(19-3-1-2-12-27-19)28-25(34)29(23)15-5-7-16(30)8-6-15/h1-13,22-23,30H,(H,28,34)(H,31,32)/t22-,23+/m0/s1. The molecule has 34 heavy (non-hydrogen) atoms. The zero-order chi connectivity index (χ0) is 23.8. The summed E-state index contributed by atoms with van der Waals surface area (Å²) < 4.78 is 6.25. The van der Waals surface area contributed by atoms with Crippen LogP contribution in [0.4, 0.5) is 5.69 Å². The Bertz CT molecular complexity index is 1370. The number of carboxylic acid groups (broad SMARTS) is 1. The van der Waals surface area contributed by atoms with E-state index in [2.05, 4.69) is 10.3 Å².